The second-order valence-electron chi connectivity index (χ2n) is 15.0. The Balaban J connectivity index is 1.11. The molecule has 8 aromatic rings. The number of hydrogen-bond acceptors (Lipinski definition) is 2. The molecule has 7 aromatic carbocycles. The Morgan fingerprint density at radius 2 is 0.920 bits per heavy atom. The maximum atomic E-state index is 6.24. The highest BCUT2D eigenvalue weighted by Crippen LogP contribution is 2.53. The van der Waals surface area contributed by atoms with Crippen LogP contribution in [0.3, 0.4) is 0 Å². The normalized spacial score (nSPS) is 14.7. The van der Waals surface area contributed by atoms with Crippen molar-refractivity contribution < 1.29 is 4.42 Å². The van der Waals surface area contributed by atoms with Crippen LogP contribution in [0.25, 0.3) is 55.3 Å². The molecule has 1 heterocycles. The molecule has 2 nitrogen and oxygen atoms in total. The first kappa shape index (κ1) is 29.1. The third kappa shape index (κ3) is 4.08. The summed E-state index contributed by atoms with van der Waals surface area (Å²) in [5, 5.41) is 2.30. The lowest BCUT2D eigenvalue weighted by Gasteiger charge is -2.29. The molecule has 2 aliphatic carbocycles. The molecule has 0 spiro atoms. The zero-order valence-corrected chi connectivity index (χ0v) is 28.8. The third-order valence-electron chi connectivity index (χ3n) is 11.5. The fourth-order valence-electron chi connectivity index (χ4n) is 8.83. The molecule has 2 heteroatoms. The van der Waals surface area contributed by atoms with E-state index in [1.54, 1.807) is 0 Å². The summed E-state index contributed by atoms with van der Waals surface area (Å²) in [5.41, 5.74) is 18.3. The van der Waals surface area contributed by atoms with Gasteiger partial charge in [0, 0.05) is 38.7 Å². The number of fused-ring (bicyclic) bond motifs is 9. The third-order valence-corrected chi connectivity index (χ3v) is 11.5. The Morgan fingerprint density at radius 3 is 1.70 bits per heavy atom. The molecule has 0 saturated heterocycles. The van der Waals surface area contributed by atoms with E-state index < -0.39 is 0 Å². The molecule has 2 aliphatic rings. The van der Waals surface area contributed by atoms with Gasteiger partial charge in [0.2, 0.25) is 0 Å². The highest BCUT2D eigenvalue weighted by Gasteiger charge is 2.37. The van der Waals surface area contributed by atoms with Crippen LogP contribution in [0.15, 0.2) is 156 Å². The lowest BCUT2D eigenvalue weighted by Crippen LogP contribution is -2.17. The first-order valence-electron chi connectivity index (χ1n) is 17.6. The number of para-hydroxylation sites is 1. The molecule has 0 aliphatic heterocycles. The molecule has 50 heavy (non-hydrogen) atoms. The summed E-state index contributed by atoms with van der Waals surface area (Å²) in [7, 11) is 0. The zero-order valence-electron chi connectivity index (χ0n) is 28.8. The second-order valence-corrected chi connectivity index (χ2v) is 15.0. The van der Waals surface area contributed by atoms with Crippen molar-refractivity contribution in [2.24, 2.45) is 0 Å². The van der Waals surface area contributed by atoms with Gasteiger partial charge in [-0.1, -0.05) is 125 Å². The maximum absolute atomic E-state index is 6.24. The predicted octanol–water partition coefficient (Wildman–Crippen LogP) is 13.3. The summed E-state index contributed by atoms with van der Waals surface area (Å²) in [6, 6.07) is 55.7. The van der Waals surface area contributed by atoms with Crippen LogP contribution in [0.4, 0.5) is 17.1 Å². The summed E-state index contributed by atoms with van der Waals surface area (Å²) in [4.78, 5) is 2.43. The molecule has 10 rings (SSSR count). The fraction of sp³-hybridized carbons (Fsp3) is 0.125. The van der Waals surface area contributed by atoms with E-state index in [0.717, 1.165) is 50.1 Å². The van der Waals surface area contributed by atoms with Gasteiger partial charge in [-0.3, -0.25) is 0 Å². The van der Waals surface area contributed by atoms with Gasteiger partial charge in [-0.2, -0.15) is 0 Å². The number of furan rings is 1. The van der Waals surface area contributed by atoms with E-state index in [1.807, 2.05) is 12.1 Å². The van der Waals surface area contributed by atoms with Crippen LogP contribution in [0.5, 0.6) is 0 Å². The highest BCUT2D eigenvalue weighted by molar-refractivity contribution is 6.06. The smallest absolute Gasteiger partial charge is 0.136 e. The lowest BCUT2D eigenvalue weighted by atomic mass is 9.82. The molecule has 0 radical (unpaired) electrons. The van der Waals surface area contributed by atoms with Gasteiger partial charge in [0.15, 0.2) is 0 Å². The van der Waals surface area contributed by atoms with Gasteiger partial charge in [-0.05, 0) is 110 Å². The van der Waals surface area contributed by atoms with E-state index in [1.165, 1.54) is 44.5 Å². The van der Waals surface area contributed by atoms with Crippen LogP contribution in [0, 0.1) is 0 Å². The van der Waals surface area contributed by atoms with Gasteiger partial charge < -0.3 is 9.32 Å². The Kier molecular flexibility index (Phi) is 6.01. The number of rotatable bonds is 4. The van der Waals surface area contributed by atoms with Crippen LogP contribution in [-0.4, -0.2) is 0 Å². The lowest BCUT2D eigenvalue weighted by molar-refractivity contribution is 0.660. The minimum absolute atomic E-state index is 0.0404. The molecular formula is C48H37NO. The average molecular weight is 644 g/mol. The SMILES string of the molecule is CC1(C)c2ccccc2-c2cc(N(c3ccc(-c4ccc5c(c4)oc4ccccc45)cc3)c3ccc4c(c3)C(C)(C)c3ccccc3-4)ccc21. The predicted molar refractivity (Wildman–Crippen MR) is 209 cm³/mol. The monoisotopic (exact) mass is 643 g/mol. The molecule has 0 amide bonds. The van der Waals surface area contributed by atoms with Crippen LogP contribution < -0.4 is 4.90 Å². The molecule has 240 valence electrons. The summed E-state index contributed by atoms with van der Waals surface area (Å²) in [5.74, 6) is 0. The van der Waals surface area contributed by atoms with Crippen molar-refractivity contribution in [1.29, 1.82) is 0 Å². The summed E-state index contributed by atoms with van der Waals surface area (Å²) in [6.45, 7) is 9.40. The quantitative estimate of drug-likeness (QED) is 0.190. The first-order chi connectivity index (χ1) is 24.3. The fourth-order valence-corrected chi connectivity index (χ4v) is 8.83. The second kappa shape index (κ2) is 10.3. The number of anilines is 3. The first-order valence-corrected chi connectivity index (χ1v) is 17.6. The standard InChI is InChI=1S/C48H37NO/c1-47(2)42-15-9-6-12-36(42)40-28-33(23-26-43(40)47)49(34-22-25-37-35-11-5-8-14-41(35)48(3,4)44(37)29-34)32-20-17-30(18-21-32)31-19-24-39-38-13-7-10-16-45(38)50-46(39)27-31/h5-29H,1-4H3. The molecular weight excluding hydrogens is 607 g/mol. The van der Waals surface area contributed by atoms with E-state index in [0.29, 0.717) is 0 Å². The van der Waals surface area contributed by atoms with E-state index in [-0.39, 0.29) is 10.8 Å². The van der Waals surface area contributed by atoms with Crippen molar-refractivity contribution in [3.05, 3.63) is 174 Å². The summed E-state index contributed by atoms with van der Waals surface area (Å²) >= 11 is 0. The van der Waals surface area contributed by atoms with Crippen LogP contribution in [0.1, 0.15) is 49.9 Å². The Morgan fingerprint density at radius 1 is 0.380 bits per heavy atom. The van der Waals surface area contributed by atoms with E-state index in [4.69, 9.17) is 4.42 Å². The van der Waals surface area contributed by atoms with Gasteiger partial charge in [-0.15, -0.1) is 0 Å². The largest absolute Gasteiger partial charge is 0.456 e. The van der Waals surface area contributed by atoms with Crippen molar-refractivity contribution in [2.75, 3.05) is 4.90 Å². The molecule has 0 bridgehead atoms. The number of nitrogens with zero attached hydrogens (tertiary/aromatic N) is 1. The van der Waals surface area contributed by atoms with Crippen molar-refractivity contribution in [2.45, 2.75) is 38.5 Å². The Hall–Kier alpha value is -5.86. The Labute approximate surface area is 293 Å². The number of benzene rings is 7. The number of hydrogen-bond donors (Lipinski definition) is 0. The van der Waals surface area contributed by atoms with Crippen LogP contribution >= 0.6 is 0 Å². The summed E-state index contributed by atoms with van der Waals surface area (Å²) < 4.78 is 6.24. The van der Waals surface area contributed by atoms with E-state index in [2.05, 4.69) is 172 Å². The van der Waals surface area contributed by atoms with Gasteiger partial charge >= 0.3 is 0 Å². The maximum Gasteiger partial charge on any atom is 0.136 e. The zero-order chi connectivity index (χ0) is 33.8. The molecule has 0 N–H and O–H groups in total. The van der Waals surface area contributed by atoms with E-state index in [9.17, 15) is 0 Å². The van der Waals surface area contributed by atoms with Crippen molar-refractivity contribution >= 4 is 39.0 Å². The molecule has 1 aromatic heterocycles. The van der Waals surface area contributed by atoms with E-state index >= 15 is 0 Å². The molecule has 0 saturated carbocycles. The average Bonchev–Trinajstić information content (AvgIpc) is 3.71. The Bertz CT molecular complexity index is 2650. The van der Waals surface area contributed by atoms with Crippen molar-refractivity contribution in [3.8, 4) is 33.4 Å². The van der Waals surface area contributed by atoms with Gasteiger partial charge in [0.25, 0.3) is 0 Å². The van der Waals surface area contributed by atoms with Crippen LogP contribution in [-0.2, 0) is 10.8 Å². The van der Waals surface area contributed by atoms with Crippen molar-refractivity contribution in [1.82, 2.24) is 0 Å². The highest BCUT2D eigenvalue weighted by atomic mass is 16.3. The molecule has 0 unspecified atom stereocenters. The van der Waals surface area contributed by atoms with Crippen LogP contribution in [0.2, 0.25) is 0 Å². The minimum Gasteiger partial charge on any atom is -0.456 e. The molecule has 0 atom stereocenters. The minimum atomic E-state index is -0.0896. The van der Waals surface area contributed by atoms with Crippen molar-refractivity contribution in [3.63, 3.8) is 0 Å². The van der Waals surface area contributed by atoms with Gasteiger partial charge in [0.05, 0.1) is 0 Å². The summed E-state index contributed by atoms with van der Waals surface area (Å²) in [6.07, 6.45) is 0. The van der Waals surface area contributed by atoms with Gasteiger partial charge in [-0.25, -0.2) is 0 Å². The molecule has 0 fully saturated rings. The topological polar surface area (TPSA) is 16.4 Å². The van der Waals surface area contributed by atoms with Gasteiger partial charge in [0.1, 0.15) is 11.2 Å².